The van der Waals surface area contributed by atoms with Gasteiger partial charge in [-0.05, 0) is 42.5 Å². The van der Waals surface area contributed by atoms with Crippen molar-refractivity contribution in [3.63, 3.8) is 0 Å². The van der Waals surface area contributed by atoms with Gasteiger partial charge in [-0.25, -0.2) is 0 Å². The first-order chi connectivity index (χ1) is 9.46. The van der Waals surface area contributed by atoms with Crippen LogP contribution in [0.3, 0.4) is 0 Å². The van der Waals surface area contributed by atoms with Crippen LogP contribution < -0.4 is 10.5 Å². The minimum absolute atomic E-state index is 0.0870. The first-order valence-corrected chi connectivity index (χ1v) is 6.95. The highest BCUT2D eigenvalue weighted by molar-refractivity contribution is 5.69. The molecule has 112 valence electrons. The monoisotopic (exact) mass is 279 g/mol. The first-order valence-electron chi connectivity index (χ1n) is 6.95. The van der Waals surface area contributed by atoms with Gasteiger partial charge in [-0.2, -0.15) is 0 Å². The number of methoxy groups -OCH3 is 1. The Bertz CT molecular complexity index is 429. The van der Waals surface area contributed by atoms with Crippen molar-refractivity contribution in [3.05, 3.63) is 29.8 Å². The Kier molecular flexibility index (Phi) is 6.52. The molecule has 0 aliphatic rings. The van der Waals surface area contributed by atoms with E-state index in [1.165, 1.54) is 0 Å². The highest BCUT2D eigenvalue weighted by Gasteiger charge is 2.18. The van der Waals surface area contributed by atoms with Crippen LogP contribution in [0, 0.1) is 5.41 Å². The summed E-state index contributed by atoms with van der Waals surface area (Å²) in [5.41, 5.74) is 6.57. The van der Waals surface area contributed by atoms with Gasteiger partial charge in [0.15, 0.2) is 0 Å². The molecule has 2 N–H and O–H groups in total. The number of hydrogen-bond acceptors (Lipinski definition) is 4. The van der Waals surface area contributed by atoms with Crippen LogP contribution >= 0.6 is 0 Å². The fourth-order valence-corrected chi connectivity index (χ4v) is 1.95. The van der Waals surface area contributed by atoms with Crippen LogP contribution in [0.25, 0.3) is 0 Å². The molecule has 1 aromatic rings. The van der Waals surface area contributed by atoms with E-state index >= 15 is 0 Å². The summed E-state index contributed by atoms with van der Waals surface area (Å²) in [5, 5.41) is 0. The van der Waals surface area contributed by atoms with Gasteiger partial charge in [0, 0.05) is 6.42 Å². The Labute approximate surface area is 121 Å². The van der Waals surface area contributed by atoms with Gasteiger partial charge >= 0.3 is 5.97 Å². The SMILES string of the molecule is COc1cccc(COC(=O)CCC(C)(C)CCN)c1. The smallest absolute Gasteiger partial charge is 0.306 e. The highest BCUT2D eigenvalue weighted by atomic mass is 16.5. The largest absolute Gasteiger partial charge is 0.497 e. The molecule has 0 aliphatic heterocycles. The van der Waals surface area contributed by atoms with Gasteiger partial charge in [0.05, 0.1) is 7.11 Å². The molecule has 1 aromatic carbocycles. The van der Waals surface area contributed by atoms with Gasteiger partial charge in [-0.15, -0.1) is 0 Å². The predicted molar refractivity (Wildman–Crippen MR) is 79.5 cm³/mol. The number of carbonyl (C=O) groups excluding carboxylic acids is 1. The second-order valence-corrected chi connectivity index (χ2v) is 5.72. The molecule has 0 saturated carbocycles. The van der Waals surface area contributed by atoms with Gasteiger partial charge in [-0.1, -0.05) is 26.0 Å². The fourth-order valence-electron chi connectivity index (χ4n) is 1.95. The van der Waals surface area contributed by atoms with E-state index in [4.69, 9.17) is 15.2 Å². The summed E-state index contributed by atoms with van der Waals surface area (Å²) in [6.45, 7) is 5.17. The third-order valence-corrected chi connectivity index (χ3v) is 3.36. The maximum absolute atomic E-state index is 11.7. The zero-order valence-corrected chi connectivity index (χ0v) is 12.6. The van der Waals surface area contributed by atoms with E-state index in [-0.39, 0.29) is 18.0 Å². The molecule has 0 aromatic heterocycles. The molecule has 4 heteroatoms. The van der Waals surface area contributed by atoms with Crippen LogP contribution in [-0.2, 0) is 16.1 Å². The Hall–Kier alpha value is -1.55. The number of hydrogen-bond donors (Lipinski definition) is 1. The van der Waals surface area contributed by atoms with E-state index in [1.54, 1.807) is 7.11 Å². The van der Waals surface area contributed by atoms with E-state index in [2.05, 4.69) is 13.8 Å². The zero-order valence-electron chi connectivity index (χ0n) is 12.6. The van der Waals surface area contributed by atoms with Crippen molar-refractivity contribution in [3.8, 4) is 5.75 Å². The van der Waals surface area contributed by atoms with Crippen LogP contribution in [0.2, 0.25) is 0 Å². The van der Waals surface area contributed by atoms with E-state index in [1.807, 2.05) is 24.3 Å². The third-order valence-electron chi connectivity index (χ3n) is 3.36. The lowest BCUT2D eigenvalue weighted by Gasteiger charge is -2.23. The number of esters is 1. The molecular weight excluding hydrogens is 254 g/mol. The molecule has 0 aliphatic carbocycles. The van der Waals surface area contributed by atoms with E-state index in [0.717, 1.165) is 24.2 Å². The summed E-state index contributed by atoms with van der Waals surface area (Å²) in [6, 6.07) is 7.52. The standard InChI is InChI=1S/C16H25NO3/c1-16(2,9-10-17)8-7-15(18)20-12-13-5-4-6-14(11-13)19-3/h4-6,11H,7-10,12,17H2,1-3H3. The predicted octanol–water partition coefficient (Wildman–Crippen LogP) is 2.89. The molecular formula is C16H25NO3. The summed E-state index contributed by atoms with van der Waals surface area (Å²) < 4.78 is 10.4. The number of carbonyl (C=O) groups is 1. The quantitative estimate of drug-likeness (QED) is 0.743. The van der Waals surface area contributed by atoms with Gasteiger partial charge < -0.3 is 15.2 Å². The molecule has 0 atom stereocenters. The van der Waals surface area contributed by atoms with Crippen LogP contribution in [0.15, 0.2) is 24.3 Å². The van der Waals surface area contributed by atoms with Gasteiger partial charge in [0.25, 0.3) is 0 Å². The van der Waals surface area contributed by atoms with Crippen molar-refractivity contribution in [1.82, 2.24) is 0 Å². The summed E-state index contributed by atoms with van der Waals surface area (Å²) >= 11 is 0. The van der Waals surface area contributed by atoms with Crippen molar-refractivity contribution < 1.29 is 14.3 Å². The maximum atomic E-state index is 11.7. The van der Waals surface area contributed by atoms with Crippen molar-refractivity contribution >= 4 is 5.97 Å². The molecule has 0 spiro atoms. The maximum Gasteiger partial charge on any atom is 0.306 e. The summed E-state index contributed by atoms with van der Waals surface area (Å²) in [7, 11) is 1.62. The minimum Gasteiger partial charge on any atom is -0.497 e. The van der Waals surface area contributed by atoms with Crippen molar-refractivity contribution in [1.29, 1.82) is 0 Å². The van der Waals surface area contributed by atoms with Crippen molar-refractivity contribution in [2.24, 2.45) is 11.1 Å². The number of rotatable bonds is 8. The Morgan fingerprint density at radius 2 is 2.05 bits per heavy atom. The fraction of sp³-hybridized carbons (Fsp3) is 0.562. The topological polar surface area (TPSA) is 61.5 Å². The molecule has 0 saturated heterocycles. The lowest BCUT2D eigenvalue weighted by molar-refractivity contribution is -0.145. The van der Waals surface area contributed by atoms with Crippen LogP contribution in [0.4, 0.5) is 0 Å². The van der Waals surface area contributed by atoms with E-state index in [0.29, 0.717) is 13.0 Å². The number of ether oxygens (including phenoxy) is 2. The molecule has 0 unspecified atom stereocenters. The number of benzene rings is 1. The Morgan fingerprint density at radius 1 is 1.30 bits per heavy atom. The first kappa shape index (κ1) is 16.5. The second-order valence-electron chi connectivity index (χ2n) is 5.72. The average Bonchev–Trinajstić information content (AvgIpc) is 2.43. The lowest BCUT2D eigenvalue weighted by Crippen LogP contribution is -2.19. The molecule has 4 nitrogen and oxygen atoms in total. The van der Waals surface area contributed by atoms with Gasteiger partial charge in [0.1, 0.15) is 12.4 Å². The van der Waals surface area contributed by atoms with Crippen LogP contribution in [0.5, 0.6) is 5.75 Å². The van der Waals surface area contributed by atoms with Gasteiger partial charge in [-0.3, -0.25) is 4.79 Å². The average molecular weight is 279 g/mol. The van der Waals surface area contributed by atoms with Crippen LogP contribution in [-0.4, -0.2) is 19.6 Å². The molecule has 0 heterocycles. The molecule has 0 fully saturated rings. The van der Waals surface area contributed by atoms with Crippen molar-refractivity contribution in [2.45, 2.75) is 39.7 Å². The Balaban J connectivity index is 2.36. The second kappa shape index (κ2) is 7.90. The Morgan fingerprint density at radius 3 is 2.70 bits per heavy atom. The van der Waals surface area contributed by atoms with Crippen LogP contribution in [0.1, 0.15) is 38.7 Å². The third kappa shape index (κ3) is 6.06. The highest BCUT2D eigenvalue weighted by Crippen LogP contribution is 2.26. The summed E-state index contributed by atoms with van der Waals surface area (Å²) in [6.07, 6.45) is 2.13. The number of nitrogens with two attached hydrogens (primary N) is 1. The normalized spacial score (nSPS) is 11.2. The van der Waals surface area contributed by atoms with E-state index < -0.39 is 0 Å². The lowest BCUT2D eigenvalue weighted by atomic mass is 9.84. The summed E-state index contributed by atoms with van der Waals surface area (Å²) in [4.78, 5) is 11.7. The van der Waals surface area contributed by atoms with Crippen molar-refractivity contribution in [2.75, 3.05) is 13.7 Å². The molecule has 0 amide bonds. The molecule has 0 radical (unpaired) electrons. The summed E-state index contributed by atoms with van der Waals surface area (Å²) in [5.74, 6) is 0.598. The van der Waals surface area contributed by atoms with Gasteiger partial charge in [0.2, 0.25) is 0 Å². The molecule has 1 rings (SSSR count). The minimum atomic E-state index is -0.169. The molecule has 20 heavy (non-hydrogen) atoms. The van der Waals surface area contributed by atoms with E-state index in [9.17, 15) is 4.79 Å². The molecule has 0 bridgehead atoms. The zero-order chi connectivity index (χ0) is 15.0.